The van der Waals surface area contributed by atoms with E-state index in [9.17, 15) is 39.6 Å². The molecular weight excluding hydrogens is 378 g/mol. The van der Waals surface area contributed by atoms with Crippen molar-refractivity contribution in [2.75, 3.05) is 6.61 Å². The van der Waals surface area contributed by atoms with Gasteiger partial charge in [-0.2, -0.15) is 34.8 Å². The highest BCUT2D eigenvalue weighted by Crippen LogP contribution is 2.45. The number of alkyl halides is 6. The second-order valence-electron chi connectivity index (χ2n) is 4.34. The molecule has 7 nitrogen and oxygen atoms in total. The van der Waals surface area contributed by atoms with Crippen LogP contribution in [0.2, 0.25) is 0 Å². The van der Waals surface area contributed by atoms with Gasteiger partial charge < -0.3 is 14.3 Å². The lowest BCUT2D eigenvalue weighted by Gasteiger charge is -2.31. The van der Waals surface area contributed by atoms with Gasteiger partial charge in [-0.1, -0.05) is 0 Å². The fourth-order valence-corrected chi connectivity index (χ4v) is 1.81. The van der Waals surface area contributed by atoms with Crippen molar-refractivity contribution in [1.82, 2.24) is 0 Å². The molecule has 0 amide bonds. The van der Waals surface area contributed by atoms with Crippen LogP contribution in [0.15, 0.2) is 21.6 Å². The minimum absolute atomic E-state index is 0.605. The summed E-state index contributed by atoms with van der Waals surface area (Å²) >= 11 is 0. The molecule has 0 bridgehead atoms. The fourth-order valence-electron chi connectivity index (χ4n) is 1.38. The topological polar surface area (TPSA) is 114 Å². The van der Waals surface area contributed by atoms with Crippen LogP contribution >= 0.6 is 0 Å². The van der Waals surface area contributed by atoms with Gasteiger partial charge in [0.2, 0.25) is 10.9 Å². The Hall–Kier alpha value is -1.80. The van der Waals surface area contributed by atoms with Gasteiger partial charge in [-0.3, -0.25) is 4.55 Å². The van der Waals surface area contributed by atoms with Crippen molar-refractivity contribution in [1.29, 1.82) is 0 Å². The van der Waals surface area contributed by atoms with Gasteiger partial charge in [-0.05, 0) is 12.1 Å². The van der Waals surface area contributed by atoms with E-state index in [4.69, 9.17) is 9.66 Å². The first-order chi connectivity index (χ1) is 10.6. The number of furan rings is 1. The molecule has 0 atom stereocenters. The van der Waals surface area contributed by atoms with Crippen LogP contribution in [0.1, 0.15) is 17.0 Å². The van der Waals surface area contributed by atoms with Crippen LogP contribution in [-0.4, -0.2) is 48.6 Å². The van der Waals surface area contributed by atoms with Crippen molar-refractivity contribution in [3.8, 4) is 0 Å². The molecule has 0 aliphatic rings. The minimum atomic E-state index is -6.07. The highest BCUT2D eigenvalue weighted by molar-refractivity contribution is 7.85. The van der Waals surface area contributed by atoms with Crippen LogP contribution in [0.25, 0.3) is 0 Å². The molecule has 0 radical (unpaired) electrons. The van der Waals surface area contributed by atoms with E-state index in [0.29, 0.717) is 12.1 Å². The van der Waals surface area contributed by atoms with E-state index in [1.807, 2.05) is 0 Å². The average molecular weight is 386 g/mol. The molecule has 0 aliphatic carbocycles. The van der Waals surface area contributed by atoms with E-state index in [1.165, 1.54) is 0 Å². The number of hydrogen-bond donors (Lipinski definition) is 2. The summed E-state index contributed by atoms with van der Waals surface area (Å²) in [6, 6.07) is 1.26. The maximum Gasteiger partial charge on any atom is 0.426 e. The Bertz CT molecular complexity index is 688. The number of halogens is 6. The molecule has 0 aliphatic heterocycles. The molecule has 1 aromatic heterocycles. The van der Waals surface area contributed by atoms with Gasteiger partial charge in [-0.25, -0.2) is 4.79 Å². The molecule has 0 spiro atoms. The summed E-state index contributed by atoms with van der Waals surface area (Å²) in [7, 11) is -4.81. The summed E-state index contributed by atoms with van der Waals surface area (Å²) in [5, 5.41) is 7.71. The highest BCUT2D eigenvalue weighted by atomic mass is 32.2. The summed E-state index contributed by atoms with van der Waals surface area (Å²) in [4.78, 5) is 11.3. The minimum Gasteiger partial charge on any atom is -0.460 e. The molecule has 0 aromatic carbocycles. The van der Waals surface area contributed by atoms with E-state index >= 15 is 0 Å². The van der Waals surface area contributed by atoms with E-state index < -0.39 is 57.9 Å². The second kappa shape index (κ2) is 6.25. The standard InChI is InChI=1S/C10H8F6O7S/c11-9(12,13)8(18,10(14,15)16)3-4-22-7(17)5-1-2-6(23-5)24(19,20)21/h1-2,18H,3-4H2,(H,19,20,21). The van der Waals surface area contributed by atoms with Gasteiger partial charge in [0.15, 0.2) is 0 Å². The lowest BCUT2D eigenvalue weighted by Crippen LogP contribution is -2.57. The van der Waals surface area contributed by atoms with Gasteiger partial charge in [0.25, 0.3) is 5.60 Å². The Morgan fingerprint density at radius 3 is 2.00 bits per heavy atom. The SMILES string of the molecule is O=C(OCCC(O)(C(F)(F)F)C(F)(F)F)c1ccc(S(=O)(=O)O)o1. The predicted octanol–water partition coefficient (Wildman–Crippen LogP) is 1.93. The monoisotopic (exact) mass is 386 g/mol. The first kappa shape index (κ1) is 20.2. The molecule has 0 fully saturated rings. The van der Waals surface area contributed by atoms with Crippen LogP contribution < -0.4 is 0 Å². The van der Waals surface area contributed by atoms with Gasteiger partial charge in [0, 0.05) is 6.42 Å². The van der Waals surface area contributed by atoms with E-state index in [1.54, 1.807) is 0 Å². The summed E-state index contributed by atoms with van der Waals surface area (Å²) in [6.45, 7) is -1.50. The third-order valence-corrected chi connectivity index (χ3v) is 3.40. The van der Waals surface area contributed by atoms with Crippen LogP contribution in [0, 0.1) is 0 Å². The Morgan fingerprint density at radius 1 is 1.12 bits per heavy atom. The maximum absolute atomic E-state index is 12.4. The summed E-state index contributed by atoms with van der Waals surface area (Å²) in [5.41, 5.74) is -5.09. The largest absolute Gasteiger partial charge is 0.460 e. The van der Waals surface area contributed by atoms with Crippen molar-refractivity contribution in [3.05, 3.63) is 17.9 Å². The Kier molecular flexibility index (Phi) is 5.27. The zero-order valence-corrected chi connectivity index (χ0v) is 12.0. The molecule has 0 saturated heterocycles. The number of aliphatic hydroxyl groups is 1. The van der Waals surface area contributed by atoms with Crippen LogP contribution in [-0.2, 0) is 14.9 Å². The van der Waals surface area contributed by atoms with E-state index in [0.717, 1.165) is 0 Å². The molecule has 0 saturated carbocycles. The molecule has 2 N–H and O–H groups in total. The molecular formula is C10H8F6O7S. The van der Waals surface area contributed by atoms with Gasteiger partial charge in [0.1, 0.15) is 0 Å². The number of carbonyl (C=O) groups excluding carboxylic acids is 1. The smallest absolute Gasteiger partial charge is 0.426 e. The van der Waals surface area contributed by atoms with E-state index in [-0.39, 0.29) is 0 Å². The van der Waals surface area contributed by atoms with Crippen molar-refractivity contribution >= 4 is 16.1 Å². The van der Waals surface area contributed by atoms with Gasteiger partial charge in [0.05, 0.1) is 6.61 Å². The molecule has 138 valence electrons. The third kappa shape index (κ3) is 4.18. The summed E-state index contributed by atoms with van der Waals surface area (Å²) < 4.78 is 112. The zero-order valence-electron chi connectivity index (χ0n) is 11.2. The number of ether oxygens (including phenoxy) is 1. The zero-order chi connectivity index (χ0) is 19.0. The molecule has 24 heavy (non-hydrogen) atoms. The number of esters is 1. The quantitative estimate of drug-likeness (QED) is 0.452. The maximum atomic E-state index is 12.4. The number of rotatable bonds is 5. The normalized spacial score (nSPS) is 13.8. The van der Waals surface area contributed by atoms with Crippen molar-refractivity contribution in [2.24, 2.45) is 0 Å². The second-order valence-corrected chi connectivity index (χ2v) is 5.69. The number of carbonyl (C=O) groups is 1. The highest BCUT2D eigenvalue weighted by Gasteiger charge is 2.70. The summed E-state index contributed by atoms with van der Waals surface area (Å²) in [6.07, 6.45) is -14.2. The first-order valence-electron chi connectivity index (χ1n) is 5.70. The van der Waals surface area contributed by atoms with E-state index in [2.05, 4.69) is 9.15 Å². The van der Waals surface area contributed by atoms with Crippen molar-refractivity contribution < 1.29 is 58.4 Å². The van der Waals surface area contributed by atoms with Gasteiger partial charge >= 0.3 is 28.4 Å². The number of hydrogen-bond acceptors (Lipinski definition) is 6. The fraction of sp³-hybridized carbons (Fsp3) is 0.500. The average Bonchev–Trinajstić information content (AvgIpc) is 2.84. The van der Waals surface area contributed by atoms with Gasteiger partial charge in [-0.15, -0.1) is 0 Å². The van der Waals surface area contributed by atoms with Crippen LogP contribution in [0.3, 0.4) is 0 Å². The lowest BCUT2D eigenvalue weighted by molar-refractivity contribution is -0.371. The van der Waals surface area contributed by atoms with Crippen molar-refractivity contribution in [3.63, 3.8) is 0 Å². The van der Waals surface area contributed by atoms with Crippen LogP contribution in [0.5, 0.6) is 0 Å². The Labute approximate surface area is 129 Å². The summed E-state index contributed by atoms with van der Waals surface area (Å²) in [5.74, 6) is -2.50. The Morgan fingerprint density at radius 2 is 1.62 bits per heavy atom. The first-order valence-corrected chi connectivity index (χ1v) is 7.14. The molecule has 1 aromatic rings. The van der Waals surface area contributed by atoms with Crippen LogP contribution in [0.4, 0.5) is 26.3 Å². The van der Waals surface area contributed by atoms with Crippen molar-refractivity contribution in [2.45, 2.75) is 29.5 Å². The molecule has 1 rings (SSSR count). The molecule has 14 heteroatoms. The third-order valence-electron chi connectivity index (χ3n) is 2.67. The molecule has 1 heterocycles. The lowest BCUT2D eigenvalue weighted by atomic mass is 9.99. The molecule has 0 unspecified atom stereocenters. The predicted molar refractivity (Wildman–Crippen MR) is 60.5 cm³/mol. The Balaban J connectivity index is 2.79.